The van der Waals surface area contributed by atoms with Crippen molar-refractivity contribution >= 4 is 23.4 Å². The lowest BCUT2D eigenvalue weighted by atomic mass is 10.1. The summed E-state index contributed by atoms with van der Waals surface area (Å²) in [5, 5.41) is 29.9. The highest BCUT2D eigenvalue weighted by molar-refractivity contribution is 7.98. The van der Waals surface area contributed by atoms with Gasteiger partial charge >= 0.3 is 5.97 Å². The van der Waals surface area contributed by atoms with Crippen LogP contribution in [0.1, 0.15) is 10.4 Å². The van der Waals surface area contributed by atoms with E-state index in [0.29, 0.717) is 10.6 Å². The van der Waals surface area contributed by atoms with Crippen LogP contribution in [0.5, 0.6) is 0 Å². The van der Waals surface area contributed by atoms with Gasteiger partial charge in [-0.25, -0.2) is 4.79 Å². The third kappa shape index (κ3) is 3.36. The van der Waals surface area contributed by atoms with Gasteiger partial charge < -0.3 is 20.6 Å². The first-order valence-electron chi connectivity index (χ1n) is 5.02. The minimum absolute atomic E-state index is 0.159. The lowest BCUT2D eigenvalue weighted by Gasteiger charge is -2.17. The van der Waals surface area contributed by atoms with E-state index in [4.69, 9.17) is 15.3 Å². The van der Waals surface area contributed by atoms with Crippen LogP contribution in [0.2, 0.25) is 0 Å². The van der Waals surface area contributed by atoms with Gasteiger partial charge in [0.15, 0.2) is 0 Å². The summed E-state index contributed by atoms with van der Waals surface area (Å²) in [4.78, 5) is 11.8. The fraction of sp³-hybridized carbons (Fsp3) is 0.364. The Hall–Kier alpha value is -1.24. The molecular formula is C11H15NO4S. The van der Waals surface area contributed by atoms with Crippen LogP contribution in [-0.2, 0) is 0 Å². The van der Waals surface area contributed by atoms with Gasteiger partial charge in [-0.3, -0.25) is 0 Å². The summed E-state index contributed by atoms with van der Waals surface area (Å²) in [6.07, 6.45) is 1.79. The van der Waals surface area contributed by atoms with Gasteiger partial charge in [-0.05, 0) is 18.4 Å². The number of nitrogens with one attached hydrogen (secondary N) is 1. The Morgan fingerprint density at radius 2 is 2.06 bits per heavy atom. The van der Waals surface area contributed by atoms with Crippen molar-refractivity contribution < 1.29 is 20.1 Å². The van der Waals surface area contributed by atoms with Crippen LogP contribution in [0.15, 0.2) is 23.1 Å². The highest BCUT2D eigenvalue weighted by Gasteiger charge is 2.17. The monoisotopic (exact) mass is 257 g/mol. The van der Waals surface area contributed by atoms with Gasteiger partial charge in [0.05, 0.1) is 30.5 Å². The molecule has 0 radical (unpaired) electrons. The average Bonchev–Trinajstić information content (AvgIpc) is 2.34. The largest absolute Gasteiger partial charge is 0.478 e. The summed E-state index contributed by atoms with van der Waals surface area (Å²) < 4.78 is 0. The average molecular weight is 257 g/mol. The van der Waals surface area contributed by atoms with Crippen molar-refractivity contribution in [2.45, 2.75) is 10.9 Å². The molecule has 0 heterocycles. The first-order valence-corrected chi connectivity index (χ1v) is 6.25. The van der Waals surface area contributed by atoms with Crippen LogP contribution < -0.4 is 5.32 Å². The van der Waals surface area contributed by atoms with Crippen molar-refractivity contribution in [2.75, 3.05) is 24.8 Å². The zero-order chi connectivity index (χ0) is 12.8. The maximum Gasteiger partial charge on any atom is 0.338 e. The van der Waals surface area contributed by atoms with Gasteiger partial charge in [-0.2, -0.15) is 0 Å². The molecule has 4 N–H and O–H groups in total. The van der Waals surface area contributed by atoms with Crippen molar-refractivity contribution in [3.8, 4) is 0 Å². The molecule has 0 aliphatic heterocycles. The Balaban J connectivity index is 3.09. The van der Waals surface area contributed by atoms with Crippen molar-refractivity contribution in [1.29, 1.82) is 0 Å². The molecule has 6 heteroatoms. The van der Waals surface area contributed by atoms with Gasteiger partial charge in [0.25, 0.3) is 0 Å². The van der Waals surface area contributed by atoms with Gasteiger partial charge in [-0.15, -0.1) is 11.8 Å². The lowest BCUT2D eigenvalue weighted by molar-refractivity contribution is 0.0694. The SMILES string of the molecule is CSc1cccc(NC(CO)CO)c1C(=O)O. The van der Waals surface area contributed by atoms with Gasteiger partial charge in [-0.1, -0.05) is 6.07 Å². The molecule has 0 aliphatic rings. The predicted octanol–water partition coefficient (Wildman–Crippen LogP) is 0.872. The maximum atomic E-state index is 11.2. The van der Waals surface area contributed by atoms with E-state index in [2.05, 4.69) is 5.32 Å². The Kier molecular flexibility index (Phi) is 5.27. The van der Waals surface area contributed by atoms with E-state index >= 15 is 0 Å². The second-order valence-electron chi connectivity index (χ2n) is 3.39. The number of carboxylic acid groups (broad SMARTS) is 1. The summed E-state index contributed by atoms with van der Waals surface area (Å²) >= 11 is 1.33. The highest BCUT2D eigenvalue weighted by atomic mass is 32.2. The second-order valence-corrected chi connectivity index (χ2v) is 4.24. The van der Waals surface area contributed by atoms with E-state index < -0.39 is 12.0 Å². The number of aliphatic hydroxyl groups is 2. The zero-order valence-electron chi connectivity index (χ0n) is 9.38. The lowest BCUT2D eigenvalue weighted by Crippen LogP contribution is -2.28. The number of aliphatic hydroxyl groups excluding tert-OH is 2. The van der Waals surface area contributed by atoms with E-state index in [1.54, 1.807) is 24.5 Å². The van der Waals surface area contributed by atoms with Gasteiger partial charge in [0.1, 0.15) is 0 Å². The molecule has 1 rings (SSSR count). The first kappa shape index (κ1) is 13.8. The normalized spacial score (nSPS) is 10.6. The van der Waals surface area contributed by atoms with E-state index in [1.165, 1.54) is 11.8 Å². The summed E-state index contributed by atoms with van der Waals surface area (Å²) in [6.45, 7) is -0.530. The number of carboxylic acids is 1. The molecule has 0 aliphatic carbocycles. The first-order chi connectivity index (χ1) is 8.13. The van der Waals surface area contributed by atoms with Crippen molar-refractivity contribution in [1.82, 2.24) is 0 Å². The molecule has 0 atom stereocenters. The molecule has 0 unspecified atom stereocenters. The number of hydrogen-bond donors (Lipinski definition) is 4. The smallest absolute Gasteiger partial charge is 0.338 e. The molecule has 1 aromatic rings. The number of rotatable bonds is 6. The molecule has 0 aromatic heterocycles. The van der Waals surface area contributed by atoms with Crippen LogP contribution >= 0.6 is 11.8 Å². The molecule has 5 nitrogen and oxygen atoms in total. The number of thioether (sulfide) groups is 1. The molecule has 0 bridgehead atoms. The third-order valence-electron chi connectivity index (χ3n) is 2.26. The summed E-state index contributed by atoms with van der Waals surface area (Å²) in [5.74, 6) is -1.04. The maximum absolute atomic E-state index is 11.2. The number of carbonyl (C=O) groups is 1. The minimum Gasteiger partial charge on any atom is -0.478 e. The second kappa shape index (κ2) is 6.48. The third-order valence-corrected chi connectivity index (χ3v) is 3.04. The standard InChI is InChI=1S/C11H15NO4S/c1-17-9-4-2-3-8(10(9)11(15)16)12-7(5-13)6-14/h2-4,7,12-14H,5-6H2,1H3,(H,15,16). The Bertz CT molecular complexity index is 393. The van der Waals surface area contributed by atoms with Crippen molar-refractivity contribution in [3.63, 3.8) is 0 Å². The predicted molar refractivity (Wildman–Crippen MR) is 66.8 cm³/mol. The number of anilines is 1. The fourth-order valence-corrected chi connectivity index (χ4v) is 2.03. The Morgan fingerprint density at radius 1 is 1.41 bits per heavy atom. The molecule has 17 heavy (non-hydrogen) atoms. The van der Waals surface area contributed by atoms with Crippen LogP contribution in [0, 0.1) is 0 Å². The molecule has 94 valence electrons. The molecule has 1 aromatic carbocycles. The topological polar surface area (TPSA) is 89.8 Å². The van der Waals surface area contributed by atoms with Crippen LogP contribution in [0.3, 0.4) is 0 Å². The quantitative estimate of drug-likeness (QED) is 0.565. The molecule has 0 fully saturated rings. The van der Waals surface area contributed by atoms with Gasteiger partial charge in [0, 0.05) is 4.90 Å². The fourth-order valence-electron chi connectivity index (χ4n) is 1.41. The number of aromatic carboxylic acids is 1. The van der Waals surface area contributed by atoms with E-state index in [1.807, 2.05) is 0 Å². The molecule has 0 amide bonds. The molecule has 0 saturated carbocycles. The zero-order valence-corrected chi connectivity index (χ0v) is 10.2. The Morgan fingerprint density at radius 3 is 2.53 bits per heavy atom. The Labute approximate surface area is 103 Å². The summed E-state index contributed by atoms with van der Waals surface area (Å²) in [6, 6.07) is 4.49. The number of benzene rings is 1. The van der Waals surface area contributed by atoms with Crippen LogP contribution in [-0.4, -0.2) is 46.8 Å². The molecule has 0 saturated heterocycles. The molecule has 0 spiro atoms. The van der Waals surface area contributed by atoms with Crippen molar-refractivity contribution in [2.24, 2.45) is 0 Å². The van der Waals surface area contributed by atoms with E-state index in [9.17, 15) is 4.79 Å². The summed E-state index contributed by atoms with van der Waals surface area (Å²) in [5.41, 5.74) is 0.560. The van der Waals surface area contributed by atoms with Crippen LogP contribution in [0.25, 0.3) is 0 Å². The van der Waals surface area contributed by atoms with Crippen LogP contribution in [0.4, 0.5) is 5.69 Å². The minimum atomic E-state index is -1.04. The molecular weight excluding hydrogens is 242 g/mol. The van der Waals surface area contributed by atoms with Gasteiger partial charge in [0.2, 0.25) is 0 Å². The van der Waals surface area contributed by atoms with Crippen molar-refractivity contribution in [3.05, 3.63) is 23.8 Å². The summed E-state index contributed by atoms with van der Waals surface area (Å²) in [7, 11) is 0. The number of hydrogen-bond acceptors (Lipinski definition) is 5. The van der Waals surface area contributed by atoms with E-state index in [0.717, 1.165) is 0 Å². The van der Waals surface area contributed by atoms with E-state index in [-0.39, 0.29) is 18.8 Å². The highest BCUT2D eigenvalue weighted by Crippen LogP contribution is 2.27.